The number of hydrogen-bond acceptors (Lipinski definition) is 1. The van der Waals surface area contributed by atoms with Crippen molar-refractivity contribution in [2.24, 2.45) is 0 Å². The molecule has 106 valence electrons. The first kappa shape index (κ1) is 14.7. The van der Waals surface area contributed by atoms with E-state index in [4.69, 9.17) is 0 Å². The zero-order valence-electron chi connectivity index (χ0n) is 12.2. The van der Waals surface area contributed by atoms with Crippen molar-refractivity contribution >= 4 is 0 Å². The Hall–Kier alpha value is -1.67. The van der Waals surface area contributed by atoms with Crippen molar-refractivity contribution in [1.82, 2.24) is 5.32 Å². The molecule has 2 rings (SSSR count). The first-order valence-electron chi connectivity index (χ1n) is 7.23. The lowest BCUT2D eigenvalue weighted by Crippen LogP contribution is -2.18. The van der Waals surface area contributed by atoms with Crippen molar-refractivity contribution in [2.75, 3.05) is 7.05 Å². The molecule has 0 amide bonds. The molecule has 0 saturated heterocycles. The summed E-state index contributed by atoms with van der Waals surface area (Å²) in [5.41, 5.74) is 3.80. The van der Waals surface area contributed by atoms with Crippen LogP contribution < -0.4 is 5.32 Å². The zero-order chi connectivity index (χ0) is 14.4. The maximum atomic E-state index is 12.9. The number of aryl methyl sites for hydroxylation is 1. The van der Waals surface area contributed by atoms with Gasteiger partial charge in [0.15, 0.2) is 0 Å². The minimum absolute atomic E-state index is 0.182. The number of hydrogen-bond donors (Lipinski definition) is 1. The van der Waals surface area contributed by atoms with Gasteiger partial charge in [0.05, 0.1) is 0 Å². The van der Waals surface area contributed by atoms with Crippen LogP contribution in [0.5, 0.6) is 0 Å². The van der Waals surface area contributed by atoms with E-state index in [1.807, 2.05) is 19.2 Å². The molecular formula is C18H22FN. The van der Waals surface area contributed by atoms with E-state index in [2.05, 4.69) is 36.5 Å². The molecular weight excluding hydrogens is 249 g/mol. The third-order valence-electron chi connectivity index (χ3n) is 3.62. The van der Waals surface area contributed by atoms with Crippen molar-refractivity contribution in [3.63, 3.8) is 0 Å². The molecule has 2 aromatic rings. The molecule has 1 N–H and O–H groups in total. The van der Waals surface area contributed by atoms with Gasteiger partial charge in [-0.25, -0.2) is 4.39 Å². The third-order valence-corrected chi connectivity index (χ3v) is 3.62. The minimum Gasteiger partial charge on any atom is -0.313 e. The van der Waals surface area contributed by atoms with Gasteiger partial charge in [0.25, 0.3) is 0 Å². The summed E-state index contributed by atoms with van der Waals surface area (Å²) < 4.78 is 12.9. The topological polar surface area (TPSA) is 12.0 Å². The molecule has 0 spiro atoms. The average molecular weight is 271 g/mol. The quantitative estimate of drug-likeness (QED) is 0.827. The Bertz CT molecular complexity index is 516. The van der Waals surface area contributed by atoms with Crippen molar-refractivity contribution in [2.45, 2.75) is 32.2 Å². The van der Waals surface area contributed by atoms with E-state index in [-0.39, 0.29) is 11.9 Å². The summed E-state index contributed by atoms with van der Waals surface area (Å²) in [6.07, 6.45) is 3.16. The van der Waals surface area contributed by atoms with Crippen LogP contribution in [0, 0.1) is 5.82 Å². The first-order valence-corrected chi connectivity index (χ1v) is 7.23. The highest BCUT2D eigenvalue weighted by Crippen LogP contribution is 2.19. The van der Waals surface area contributed by atoms with Gasteiger partial charge in [-0.3, -0.25) is 0 Å². The summed E-state index contributed by atoms with van der Waals surface area (Å²) in [5.74, 6) is -0.182. The van der Waals surface area contributed by atoms with E-state index in [1.165, 1.54) is 29.7 Å². The Balaban J connectivity index is 2.09. The van der Waals surface area contributed by atoms with Crippen molar-refractivity contribution in [1.29, 1.82) is 0 Å². The highest BCUT2D eigenvalue weighted by atomic mass is 19.1. The fraction of sp³-hybridized carbons (Fsp3) is 0.333. The molecule has 1 unspecified atom stereocenters. The molecule has 0 aliphatic rings. The van der Waals surface area contributed by atoms with E-state index < -0.39 is 0 Å². The lowest BCUT2D eigenvalue weighted by molar-refractivity contribution is 0.588. The van der Waals surface area contributed by atoms with Gasteiger partial charge in [-0.1, -0.05) is 49.7 Å². The number of nitrogens with one attached hydrogen (secondary N) is 1. The van der Waals surface area contributed by atoms with Gasteiger partial charge in [-0.2, -0.15) is 0 Å². The number of rotatable bonds is 6. The second-order valence-electron chi connectivity index (χ2n) is 5.16. The van der Waals surface area contributed by atoms with Gasteiger partial charge in [0.2, 0.25) is 0 Å². The van der Waals surface area contributed by atoms with Crippen LogP contribution in [0.1, 0.15) is 36.1 Å². The van der Waals surface area contributed by atoms with Gasteiger partial charge in [-0.15, -0.1) is 0 Å². The molecule has 2 aromatic carbocycles. The monoisotopic (exact) mass is 271 g/mol. The van der Waals surface area contributed by atoms with E-state index >= 15 is 0 Å². The van der Waals surface area contributed by atoms with Gasteiger partial charge >= 0.3 is 0 Å². The number of benzene rings is 2. The van der Waals surface area contributed by atoms with Gasteiger partial charge in [0.1, 0.15) is 5.82 Å². The Kier molecular flexibility index (Phi) is 5.31. The summed E-state index contributed by atoms with van der Waals surface area (Å²) >= 11 is 0. The maximum Gasteiger partial charge on any atom is 0.123 e. The maximum absolute atomic E-state index is 12.9. The smallest absolute Gasteiger partial charge is 0.123 e. The average Bonchev–Trinajstić information content (AvgIpc) is 2.48. The summed E-state index contributed by atoms with van der Waals surface area (Å²) in [6, 6.07) is 15.8. The van der Waals surface area contributed by atoms with E-state index in [9.17, 15) is 4.39 Å². The fourth-order valence-corrected chi connectivity index (χ4v) is 2.45. The molecule has 0 radical (unpaired) electrons. The van der Waals surface area contributed by atoms with Crippen LogP contribution in [-0.2, 0) is 12.8 Å². The van der Waals surface area contributed by atoms with Crippen LogP contribution in [0.2, 0.25) is 0 Å². The SMILES string of the molecule is CCCc1ccc(C(Cc2ccc(F)cc2)NC)cc1. The highest BCUT2D eigenvalue weighted by molar-refractivity contribution is 5.27. The highest BCUT2D eigenvalue weighted by Gasteiger charge is 2.10. The van der Waals surface area contributed by atoms with Crippen molar-refractivity contribution in [3.05, 3.63) is 71.0 Å². The summed E-state index contributed by atoms with van der Waals surface area (Å²) in [6.45, 7) is 2.19. The zero-order valence-corrected chi connectivity index (χ0v) is 12.2. The largest absolute Gasteiger partial charge is 0.313 e. The normalized spacial score (nSPS) is 12.3. The lowest BCUT2D eigenvalue weighted by atomic mass is 9.97. The van der Waals surface area contributed by atoms with Crippen molar-refractivity contribution < 1.29 is 4.39 Å². The minimum atomic E-state index is -0.182. The molecule has 0 aromatic heterocycles. The summed E-state index contributed by atoms with van der Waals surface area (Å²) in [5, 5.41) is 3.34. The molecule has 0 fully saturated rings. The Morgan fingerprint density at radius 3 is 2.10 bits per heavy atom. The van der Waals surface area contributed by atoms with Gasteiger partial charge < -0.3 is 5.32 Å². The van der Waals surface area contributed by atoms with Crippen LogP contribution in [-0.4, -0.2) is 7.05 Å². The van der Waals surface area contributed by atoms with E-state index in [0.717, 1.165) is 18.4 Å². The molecule has 2 heteroatoms. The molecule has 1 atom stereocenters. The van der Waals surface area contributed by atoms with Crippen molar-refractivity contribution in [3.8, 4) is 0 Å². The molecule has 0 aliphatic carbocycles. The van der Waals surface area contributed by atoms with E-state index in [0.29, 0.717) is 0 Å². The molecule has 0 bridgehead atoms. The van der Waals surface area contributed by atoms with Crippen LogP contribution in [0.3, 0.4) is 0 Å². The van der Waals surface area contributed by atoms with Crippen LogP contribution in [0.15, 0.2) is 48.5 Å². The fourth-order valence-electron chi connectivity index (χ4n) is 2.45. The predicted octanol–water partition coefficient (Wildman–Crippen LogP) is 4.28. The molecule has 0 saturated carbocycles. The molecule has 20 heavy (non-hydrogen) atoms. The Labute approximate surface area is 120 Å². The predicted molar refractivity (Wildman–Crippen MR) is 82.3 cm³/mol. The standard InChI is InChI=1S/C18H22FN/c1-3-4-14-5-9-16(10-6-14)18(20-2)13-15-7-11-17(19)12-8-15/h5-12,18,20H,3-4,13H2,1-2H3. The summed E-state index contributed by atoms with van der Waals surface area (Å²) in [7, 11) is 1.97. The van der Waals surface area contributed by atoms with Crippen LogP contribution in [0.4, 0.5) is 4.39 Å². The second-order valence-corrected chi connectivity index (χ2v) is 5.16. The number of likely N-dealkylation sites (N-methyl/N-ethyl adjacent to an activating group) is 1. The van der Waals surface area contributed by atoms with Crippen LogP contribution in [0.25, 0.3) is 0 Å². The van der Waals surface area contributed by atoms with Gasteiger partial charge in [0, 0.05) is 6.04 Å². The van der Waals surface area contributed by atoms with Crippen LogP contribution >= 0.6 is 0 Å². The lowest BCUT2D eigenvalue weighted by Gasteiger charge is -2.17. The molecule has 1 nitrogen and oxygen atoms in total. The second kappa shape index (κ2) is 7.20. The first-order chi connectivity index (χ1) is 9.72. The van der Waals surface area contributed by atoms with E-state index in [1.54, 1.807) is 0 Å². The molecule has 0 heterocycles. The summed E-state index contributed by atoms with van der Waals surface area (Å²) in [4.78, 5) is 0. The Morgan fingerprint density at radius 1 is 0.950 bits per heavy atom. The van der Waals surface area contributed by atoms with Gasteiger partial charge in [-0.05, 0) is 48.7 Å². The third kappa shape index (κ3) is 3.91. The molecule has 0 aliphatic heterocycles. The number of halogens is 1. The Morgan fingerprint density at radius 2 is 1.55 bits per heavy atom.